The average Bonchev–Trinajstić information content (AvgIpc) is 3.30. The summed E-state index contributed by atoms with van der Waals surface area (Å²) in [5.74, 6) is 0.149. The molecule has 0 aliphatic carbocycles. The van der Waals surface area contributed by atoms with Crippen molar-refractivity contribution in [1.29, 1.82) is 0 Å². The Morgan fingerprint density at radius 2 is 1.93 bits per heavy atom. The van der Waals surface area contributed by atoms with E-state index < -0.39 is 11.7 Å². The summed E-state index contributed by atoms with van der Waals surface area (Å²) in [4.78, 5) is 9.54. The third-order valence-corrected chi connectivity index (χ3v) is 6.36. The molecule has 9 heteroatoms. The fourth-order valence-electron chi connectivity index (χ4n) is 3.12. The van der Waals surface area contributed by atoms with Crippen LogP contribution in [0.25, 0.3) is 10.6 Å². The second-order valence-corrected chi connectivity index (χ2v) is 8.26. The van der Waals surface area contributed by atoms with Crippen LogP contribution in [0.4, 0.5) is 24.8 Å². The van der Waals surface area contributed by atoms with Gasteiger partial charge in [0.15, 0.2) is 0 Å². The zero-order chi connectivity index (χ0) is 19.9. The second kappa shape index (κ2) is 7.38. The number of halogens is 3. The Labute approximate surface area is 168 Å². The largest absolute Gasteiger partial charge is 0.420 e. The molecule has 1 aliphatic rings. The first-order chi connectivity index (χ1) is 13.3. The van der Waals surface area contributed by atoms with Crippen molar-refractivity contribution < 1.29 is 13.2 Å². The maximum Gasteiger partial charge on any atom is 0.420 e. The molecule has 28 heavy (non-hydrogen) atoms. The molecule has 0 bridgehead atoms. The first-order valence-corrected chi connectivity index (χ1v) is 10.6. The van der Waals surface area contributed by atoms with Crippen molar-refractivity contribution >= 4 is 34.7 Å². The predicted octanol–water partition coefficient (Wildman–Crippen LogP) is 5.60. The van der Waals surface area contributed by atoms with Crippen LogP contribution in [-0.4, -0.2) is 16.2 Å². The first kappa shape index (κ1) is 19.2. The van der Waals surface area contributed by atoms with Crippen molar-refractivity contribution in [3.05, 3.63) is 52.0 Å². The van der Waals surface area contributed by atoms with Gasteiger partial charge in [-0.1, -0.05) is 6.07 Å². The summed E-state index contributed by atoms with van der Waals surface area (Å²) in [6.07, 6.45) is -1.78. The van der Waals surface area contributed by atoms with Crippen molar-refractivity contribution in [2.45, 2.75) is 31.1 Å². The molecule has 2 aromatic heterocycles. The minimum atomic E-state index is -4.52. The Morgan fingerprint density at radius 1 is 1.18 bits per heavy atom. The lowest BCUT2D eigenvalue weighted by Gasteiger charge is -2.14. The molecule has 0 saturated heterocycles. The molecule has 0 unspecified atom stereocenters. The summed E-state index contributed by atoms with van der Waals surface area (Å²) in [6, 6.07) is 5.80. The van der Waals surface area contributed by atoms with Gasteiger partial charge in [0.2, 0.25) is 5.95 Å². The van der Waals surface area contributed by atoms with E-state index in [2.05, 4.69) is 26.7 Å². The number of aromatic nitrogens is 2. The van der Waals surface area contributed by atoms with Gasteiger partial charge in [-0.25, -0.2) is 9.97 Å². The zero-order valence-electron chi connectivity index (χ0n) is 15.1. The fraction of sp³-hybridized carbons (Fsp3) is 0.263. The third kappa shape index (κ3) is 3.74. The maximum absolute atomic E-state index is 13.5. The molecule has 0 saturated carbocycles. The number of fused-ring (bicyclic) bond motifs is 1. The molecule has 3 aromatic rings. The van der Waals surface area contributed by atoms with Gasteiger partial charge >= 0.3 is 6.18 Å². The van der Waals surface area contributed by atoms with Gasteiger partial charge in [-0.05, 0) is 42.0 Å². The SMILES string of the molecule is CSc1csc(-c2nc(Nc3cc4c(cc3C)CNC4)ncc2C(F)(F)F)c1. The fourth-order valence-corrected chi connectivity index (χ4v) is 4.73. The van der Waals surface area contributed by atoms with Crippen molar-refractivity contribution in [2.75, 3.05) is 11.6 Å². The molecule has 0 fully saturated rings. The number of anilines is 2. The number of nitrogens with one attached hydrogen (secondary N) is 2. The molecule has 146 valence electrons. The highest BCUT2D eigenvalue weighted by molar-refractivity contribution is 7.98. The number of hydrogen-bond acceptors (Lipinski definition) is 6. The van der Waals surface area contributed by atoms with Crippen LogP contribution in [0.5, 0.6) is 0 Å². The van der Waals surface area contributed by atoms with E-state index >= 15 is 0 Å². The lowest BCUT2D eigenvalue weighted by Crippen LogP contribution is -2.11. The summed E-state index contributed by atoms with van der Waals surface area (Å²) < 4.78 is 40.5. The van der Waals surface area contributed by atoms with E-state index in [1.807, 2.05) is 24.6 Å². The Kier molecular flexibility index (Phi) is 5.07. The molecule has 1 aromatic carbocycles. The standard InChI is InChI=1S/C19H17F3N4S2/c1-10-3-11-6-23-7-12(11)4-15(10)25-18-24-8-14(19(20,21)22)17(26-18)16-5-13(27-2)9-28-16/h3-5,8-9,23H,6-7H2,1-2H3,(H,24,25,26). The zero-order valence-corrected chi connectivity index (χ0v) is 16.8. The highest BCUT2D eigenvalue weighted by atomic mass is 32.2. The molecule has 4 rings (SSSR count). The van der Waals surface area contributed by atoms with Crippen LogP contribution in [0.3, 0.4) is 0 Å². The van der Waals surface area contributed by atoms with Crippen LogP contribution in [0.1, 0.15) is 22.3 Å². The van der Waals surface area contributed by atoms with Gasteiger partial charge in [0.05, 0.1) is 10.6 Å². The first-order valence-electron chi connectivity index (χ1n) is 8.52. The van der Waals surface area contributed by atoms with Crippen molar-refractivity contribution in [3.63, 3.8) is 0 Å². The average molecular weight is 423 g/mol. The maximum atomic E-state index is 13.5. The van der Waals surface area contributed by atoms with E-state index in [1.165, 1.54) is 34.2 Å². The molecule has 3 heterocycles. The van der Waals surface area contributed by atoms with E-state index in [4.69, 9.17) is 0 Å². The number of aryl methyl sites for hydroxylation is 1. The second-order valence-electron chi connectivity index (χ2n) is 6.47. The molecular formula is C19H17F3N4S2. The number of nitrogens with zero attached hydrogens (tertiary/aromatic N) is 2. The highest BCUT2D eigenvalue weighted by Gasteiger charge is 2.36. The van der Waals surface area contributed by atoms with E-state index in [0.717, 1.165) is 35.4 Å². The molecular weight excluding hydrogens is 405 g/mol. The summed E-state index contributed by atoms with van der Waals surface area (Å²) in [5.41, 5.74) is 3.26. The highest BCUT2D eigenvalue weighted by Crippen LogP contribution is 2.39. The lowest BCUT2D eigenvalue weighted by molar-refractivity contribution is -0.137. The Balaban J connectivity index is 1.74. The van der Waals surface area contributed by atoms with Crippen molar-refractivity contribution in [3.8, 4) is 10.6 Å². The van der Waals surface area contributed by atoms with Gasteiger partial charge in [-0.3, -0.25) is 0 Å². The van der Waals surface area contributed by atoms with Gasteiger partial charge in [-0.2, -0.15) is 13.2 Å². The predicted molar refractivity (Wildman–Crippen MR) is 107 cm³/mol. The van der Waals surface area contributed by atoms with Gasteiger partial charge in [0, 0.05) is 35.2 Å². The van der Waals surface area contributed by atoms with Gasteiger partial charge in [0.1, 0.15) is 5.56 Å². The van der Waals surface area contributed by atoms with Crippen LogP contribution < -0.4 is 10.6 Å². The minimum absolute atomic E-state index is 0.101. The molecule has 2 N–H and O–H groups in total. The summed E-state index contributed by atoms with van der Waals surface area (Å²) in [5, 5.41) is 8.20. The molecule has 1 aliphatic heterocycles. The van der Waals surface area contributed by atoms with Crippen LogP contribution in [-0.2, 0) is 19.3 Å². The Bertz CT molecular complexity index is 1030. The third-order valence-electron chi connectivity index (χ3n) is 4.56. The monoisotopic (exact) mass is 422 g/mol. The van der Waals surface area contributed by atoms with Gasteiger partial charge in [-0.15, -0.1) is 23.1 Å². The molecule has 0 spiro atoms. The van der Waals surface area contributed by atoms with Gasteiger partial charge in [0.25, 0.3) is 0 Å². The summed E-state index contributed by atoms with van der Waals surface area (Å²) in [7, 11) is 0. The normalized spacial score (nSPS) is 13.6. The van der Waals surface area contributed by atoms with Crippen LogP contribution in [0, 0.1) is 6.92 Å². The minimum Gasteiger partial charge on any atom is -0.324 e. The Morgan fingerprint density at radius 3 is 2.61 bits per heavy atom. The topological polar surface area (TPSA) is 49.8 Å². The number of hydrogen-bond donors (Lipinski definition) is 2. The number of thiophene rings is 1. The molecule has 0 atom stereocenters. The van der Waals surface area contributed by atoms with E-state index in [1.54, 1.807) is 6.07 Å². The smallest absolute Gasteiger partial charge is 0.324 e. The van der Waals surface area contributed by atoms with Crippen LogP contribution >= 0.6 is 23.1 Å². The summed E-state index contributed by atoms with van der Waals surface area (Å²) >= 11 is 2.73. The van der Waals surface area contributed by atoms with E-state index in [-0.39, 0.29) is 11.6 Å². The van der Waals surface area contributed by atoms with Crippen LogP contribution in [0.2, 0.25) is 0 Å². The number of alkyl halides is 3. The lowest BCUT2D eigenvalue weighted by atomic mass is 10.1. The van der Waals surface area contributed by atoms with Crippen molar-refractivity contribution in [1.82, 2.24) is 15.3 Å². The Hall–Kier alpha value is -2.10. The molecule has 0 radical (unpaired) electrons. The van der Waals surface area contributed by atoms with Crippen molar-refractivity contribution in [2.24, 2.45) is 0 Å². The van der Waals surface area contributed by atoms with Crippen LogP contribution in [0.15, 0.2) is 34.7 Å². The molecule has 0 amide bonds. The van der Waals surface area contributed by atoms with Gasteiger partial charge < -0.3 is 10.6 Å². The number of benzene rings is 1. The molecule has 4 nitrogen and oxygen atoms in total. The summed E-state index contributed by atoms with van der Waals surface area (Å²) in [6.45, 7) is 3.56. The number of rotatable bonds is 4. The number of thioether (sulfide) groups is 1. The quantitative estimate of drug-likeness (QED) is 0.536. The van der Waals surface area contributed by atoms with E-state index in [9.17, 15) is 13.2 Å². The van der Waals surface area contributed by atoms with E-state index in [0.29, 0.717) is 4.88 Å².